The van der Waals surface area contributed by atoms with Crippen LogP contribution >= 0.6 is 24.0 Å². The molecule has 0 aliphatic rings. The number of halogens is 2. The van der Waals surface area contributed by atoms with Gasteiger partial charge in [0, 0.05) is 43.8 Å². The molecule has 0 aliphatic carbocycles. The topological polar surface area (TPSA) is 72.1 Å². The van der Waals surface area contributed by atoms with E-state index in [2.05, 4.69) is 25.7 Å². The number of hydrogen-bond acceptors (Lipinski definition) is 3. The molecule has 0 fully saturated rings. The van der Waals surface area contributed by atoms with Crippen LogP contribution in [0.4, 0.5) is 4.39 Å². The summed E-state index contributed by atoms with van der Waals surface area (Å²) < 4.78 is 17.9. The molecule has 0 saturated carbocycles. The van der Waals surface area contributed by atoms with Gasteiger partial charge in [-0.05, 0) is 38.5 Å². The zero-order valence-electron chi connectivity index (χ0n) is 17.1. The van der Waals surface area contributed by atoms with Crippen molar-refractivity contribution in [2.75, 3.05) is 6.54 Å². The Morgan fingerprint density at radius 3 is 2.62 bits per heavy atom. The largest absolute Gasteiger partial charge is 0.357 e. The molecule has 0 aliphatic heterocycles. The Morgan fingerprint density at radius 1 is 1.24 bits per heavy atom. The predicted molar refractivity (Wildman–Crippen MR) is 123 cm³/mol. The highest BCUT2D eigenvalue weighted by Gasteiger charge is 2.10. The first kappa shape index (κ1) is 22.9. The molecular weight excluding hydrogens is 484 g/mol. The minimum absolute atomic E-state index is 0. The second kappa shape index (κ2) is 10.4. The molecule has 0 bridgehead atoms. The first-order valence-corrected chi connectivity index (χ1v) is 9.27. The molecule has 0 amide bonds. The van der Waals surface area contributed by atoms with E-state index in [0.717, 1.165) is 29.1 Å². The molecule has 2 aromatic heterocycles. The van der Waals surface area contributed by atoms with Crippen molar-refractivity contribution in [1.82, 2.24) is 30.0 Å². The minimum Gasteiger partial charge on any atom is -0.357 e. The lowest BCUT2D eigenvalue weighted by molar-refractivity contribution is 0.615. The summed E-state index contributed by atoms with van der Waals surface area (Å²) in [5, 5.41) is 11.0. The lowest BCUT2D eigenvalue weighted by atomic mass is 10.2. The van der Waals surface area contributed by atoms with E-state index in [0.29, 0.717) is 24.7 Å². The van der Waals surface area contributed by atoms with Crippen LogP contribution in [0.25, 0.3) is 5.69 Å². The van der Waals surface area contributed by atoms with Gasteiger partial charge in [0.1, 0.15) is 5.82 Å². The van der Waals surface area contributed by atoms with Crippen LogP contribution in [0.2, 0.25) is 0 Å². The number of nitrogens with zero attached hydrogens (tertiary/aromatic N) is 5. The van der Waals surface area contributed by atoms with Gasteiger partial charge in [-0.1, -0.05) is 6.07 Å². The summed E-state index contributed by atoms with van der Waals surface area (Å²) in [5.74, 6) is 0.384. The van der Waals surface area contributed by atoms with Crippen LogP contribution < -0.4 is 10.6 Å². The third-order valence-corrected chi connectivity index (χ3v) is 4.65. The van der Waals surface area contributed by atoms with Crippen molar-refractivity contribution in [2.45, 2.75) is 33.9 Å². The lowest BCUT2D eigenvalue weighted by Gasteiger charge is -2.12. The van der Waals surface area contributed by atoms with Crippen molar-refractivity contribution >= 4 is 29.9 Å². The fraction of sp³-hybridized carbons (Fsp3) is 0.350. The van der Waals surface area contributed by atoms with Crippen molar-refractivity contribution in [3.8, 4) is 5.69 Å². The van der Waals surface area contributed by atoms with Gasteiger partial charge < -0.3 is 15.2 Å². The third kappa shape index (κ3) is 5.55. The monoisotopic (exact) mass is 511 g/mol. The molecule has 9 heteroatoms. The van der Waals surface area contributed by atoms with Crippen LogP contribution in [0.15, 0.2) is 41.9 Å². The van der Waals surface area contributed by atoms with Gasteiger partial charge in [0.2, 0.25) is 0 Å². The van der Waals surface area contributed by atoms with Crippen molar-refractivity contribution < 1.29 is 4.39 Å². The maximum Gasteiger partial charge on any atom is 0.191 e. The van der Waals surface area contributed by atoms with Gasteiger partial charge in [-0.2, -0.15) is 5.10 Å². The first-order chi connectivity index (χ1) is 13.5. The number of aliphatic imine (C=N–C) groups is 1. The summed E-state index contributed by atoms with van der Waals surface area (Å²) in [6.07, 6.45) is 4.91. The third-order valence-electron chi connectivity index (χ3n) is 4.65. The Labute approximate surface area is 187 Å². The maximum absolute atomic E-state index is 14.4. The molecule has 29 heavy (non-hydrogen) atoms. The summed E-state index contributed by atoms with van der Waals surface area (Å²) >= 11 is 0. The van der Waals surface area contributed by atoms with Gasteiger partial charge >= 0.3 is 0 Å². The smallest absolute Gasteiger partial charge is 0.191 e. The molecule has 3 rings (SSSR count). The highest BCUT2D eigenvalue weighted by Crippen LogP contribution is 2.16. The van der Waals surface area contributed by atoms with E-state index in [9.17, 15) is 4.39 Å². The van der Waals surface area contributed by atoms with Crippen molar-refractivity contribution in [2.24, 2.45) is 12.0 Å². The average Bonchev–Trinajstić information content (AvgIpc) is 3.27. The molecule has 2 N–H and O–H groups in total. The fourth-order valence-electron chi connectivity index (χ4n) is 3.02. The number of benzene rings is 1. The average molecular weight is 511 g/mol. The molecule has 0 atom stereocenters. The Kier molecular flexibility index (Phi) is 8.18. The molecule has 0 saturated heterocycles. The maximum atomic E-state index is 14.4. The van der Waals surface area contributed by atoms with E-state index in [1.165, 1.54) is 6.07 Å². The zero-order chi connectivity index (χ0) is 20.1. The quantitative estimate of drug-likeness (QED) is 0.303. The molecule has 3 aromatic rings. The van der Waals surface area contributed by atoms with Crippen molar-refractivity contribution in [3.63, 3.8) is 0 Å². The van der Waals surface area contributed by atoms with E-state index in [4.69, 9.17) is 0 Å². The summed E-state index contributed by atoms with van der Waals surface area (Å²) in [4.78, 5) is 8.53. The number of rotatable bonds is 6. The Balaban J connectivity index is 0.00000300. The van der Waals surface area contributed by atoms with Crippen LogP contribution in [0.1, 0.15) is 29.4 Å². The van der Waals surface area contributed by atoms with Crippen molar-refractivity contribution in [3.05, 3.63) is 65.3 Å². The molecule has 0 spiro atoms. The van der Waals surface area contributed by atoms with Crippen LogP contribution in [-0.4, -0.2) is 31.8 Å². The number of aryl methyl sites for hydroxylation is 2. The minimum atomic E-state index is -0.301. The molecule has 156 valence electrons. The molecule has 0 unspecified atom stereocenters. The van der Waals surface area contributed by atoms with Gasteiger partial charge in [0.05, 0.1) is 24.3 Å². The van der Waals surface area contributed by atoms with Gasteiger partial charge in [-0.25, -0.2) is 14.4 Å². The second-order valence-electron chi connectivity index (χ2n) is 6.58. The number of hydrogen-bond donors (Lipinski definition) is 2. The van der Waals surface area contributed by atoms with Gasteiger partial charge in [0.25, 0.3) is 0 Å². The van der Waals surface area contributed by atoms with Gasteiger partial charge in [-0.15, -0.1) is 24.0 Å². The number of imidazole rings is 1. The fourth-order valence-corrected chi connectivity index (χ4v) is 3.02. The highest BCUT2D eigenvalue weighted by molar-refractivity contribution is 14.0. The number of nitrogens with one attached hydrogen (secondary N) is 2. The van der Waals surface area contributed by atoms with Gasteiger partial charge in [-0.3, -0.25) is 4.68 Å². The summed E-state index contributed by atoms with van der Waals surface area (Å²) in [7, 11) is 1.94. The van der Waals surface area contributed by atoms with E-state index in [-0.39, 0.29) is 29.8 Å². The lowest BCUT2D eigenvalue weighted by Crippen LogP contribution is -2.37. The van der Waals surface area contributed by atoms with Crippen molar-refractivity contribution in [1.29, 1.82) is 0 Å². The molecule has 1 aromatic carbocycles. The summed E-state index contributed by atoms with van der Waals surface area (Å²) in [6.45, 7) is 7.80. The SMILES string of the molecule is CCNC(=NCc1ccc(-n2ccnc2)c(F)c1)NCc1c(C)nn(C)c1C.I. The standard InChI is InChI=1S/C20H26FN7.HI/c1-5-23-20(25-12-17-14(2)26-27(4)15(17)3)24-11-16-6-7-19(18(21)10-16)28-9-8-22-13-28;/h6-10,13H,5,11-12H2,1-4H3,(H2,23,24,25);1H. The van der Waals surface area contributed by atoms with E-state index < -0.39 is 0 Å². The first-order valence-electron chi connectivity index (χ1n) is 9.27. The predicted octanol–water partition coefficient (Wildman–Crippen LogP) is 3.24. The normalized spacial score (nSPS) is 11.3. The van der Waals surface area contributed by atoms with Crippen LogP contribution in [0.3, 0.4) is 0 Å². The Hall–Kier alpha value is -2.43. The number of guanidine groups is 1. The van der Waals surface area contributed by atoms with E-state index in [1.54, 1.807) is 29.4 Å². The van der Waals surface area contributed by atoms with Crippen LogP contribution in [0.5, 0.6) is 0 Å². The molecule has 2 heterocycles. The molecule has 7 nitrogen and oxygen atoms in total. The Bertz CT molecular complexity index is 964. The summed E-state index contributed by atoms with van der Waals surface area (Å²) in [6, 6.07) is 5.13. The molecule has 0 radical (unpaired) electrons. The van der Waals surface area contributed by atoms with E-state index >= 15 is 0 Å². The van der Waals surface area contributed by atoms with Crippen LogP contribution in [-0.2, 0) is 20.1 Å². The molecular formula is C20H27FIN7. The Morgan fingerprint density at radius 2 is 2.03 bits per heavy atom. The zero-order valence-corrected chi connectivity index (χ0v) is 19.4. The summed E-state index contributed by atoms with van der Waals surface area (Å²) in [5.41, 5.74) is 4.55. The highest BCUT2D eigenvalue weighted by atomic mass is 127. The van der Waals surface area contributed by atoms with Crippen LogP contribution in [0, 0.1) is 19.7 Å². The second-order valence-corrected chi connectivity index (χ2v) is 6.58. The van der Waals surface area contributed by atoms with E-state index in [1.807, 2.05) is 38.6 Å². The van der Waals surface area contributed by atoms with Gasteiger partial charge in [0.15, 0.2) is 5.96 Å². The number of aromatic nitrogens is 4.